The van der Waals surface area contributed by atoms with Crippen molar-refractivity contribution < 1.29 is 18.8 Å². The Hall–Kier alpha value is -3.65. The van der Waals surface area contributed by atoms with E-state index in [1.54, 1.807) is 23.1 Å². The van der Waals surface area contributed by atoms with Crippen LogP contribution in [0.2, 0.25) is 5.02 Å². The summed E-state index contributed by atoms with van der Waals surface area (Å²) in [4.78, 5) is 53.5. The van der Waals surface area contributed by atoms with Crippen molar-refractivity contribution in [1.29, 1.82) is 0 Å². The molecule has 8 nitrogen and oxygen atoms in total. The molecule has 0 spiro atoms. The number of amides is 3. The lowest BCUT2D eigenvalue weighted by molar-refractivity contribution is -0.131. The first kappa shape index (κ1) is 25.0. The third-order valence-corrected chi connectivity index (χ3v) is 7.50. The number of fused-ring (bicyclic) bond motifs is 1. The van der Waals surface area contributed by atoms with Gasteiger partial charge in [0.15, 0.2) is 16.8 Å². The molecule has 2 saturated heterocycles. The second kappa shape index (κ2) is 10.8. The number of hydrogen-bond donors (Lipinski definition) is 1. The molecular weight excluding hydrogens is 494 g/mol. The summed E-state index contributed by atoms with van der Waals surface area (Å²) in [5.74, 6) is -0.505. The van der Waals surface area contributed by atoms with E-state index in [0.717, 1.165) is 31.9 Å². The molecular formula is C28H28ClN3O5. The van der Waals surface area contributed by atoms with Crippen molar-refractivity contribution in [2.24, 2.45) is 0 Å². The number of benzene rings is 2. The van der Waals surface area contributed by atoms with Crippen LogP contribution in [0.25, 0.3) is 11.0 Å². The van der Waals surface area contributed by atoms with Crippen LogP contribution in [0, 0.1) is 0 Å². The predicted molar refractivity (Wildman–Crippen MR) is 139 cm³/mol. The van der Waals surface area contributed by atoms with Crippen molar-refractivity contribution in [3.8, 4) is 0 Å². The van der Waals surface area contributed by atoms with Gasteiger partial charge in [0.1, 0.15) is 0 Å². The van der Waals surface area contributed by atoms with Gasteiger partial charge in [0.2, 0.25) is 11.8 Å². The lowest BCUT2D eigenvalue weighted by Crippen LogP contribution is -2.44. The summed E-state index contributed by atoms with van der Waals surface area (Å²) in [5, 5.41) is 3.08. The Morgan fingerprint density at radius 2 is 1.81 bits per heavy atom. The number of hydrogen-bond acceptors (Lipinski definition) is 5. The highest BCUT2D eigenvalue weighted by Gasteiger charge is 2.27. The monoisotopic (exact) mass is 521 g/mol. The molecule has 2 aliphatic heterocycles. The van der Waals surface area contributed by atoms with Gasteiger partial charge in [0, 0.05) is 38.7 Å². The molecule has 9 heteroatoms. The molecule has 192 valence electrons. The molecule has 3 aromatic rings. The molecule has 0 unspecified atom stereocenters. The number of carbonyl (C=O) groups excluding carboxylic acids is 3. The van der Waals surface area contributed by atoms with Gasteiger partial charge in [-0.1, -0.05) is 41.9 Å². The zero-order valence-corrected chi connectivity index (χ0v) is 21.1. The average Bonchev–Trinajstić information content (AvgIpc) is 3.32. The molecule has 0 atom stereocenters. The molecule has 0 radical (unpaired) electrons. The maximum absolute atomic E-state index is 12.8. The first-order chi connectivity index (χ1) is 17.9. The molecule has 37 heavy (non-hydrogen) atoms. The van der Waals surface area contributed by atoms with Crippen molar-refractivity contribution in [3.05, 3.63) is 80.7 Å². The molecule has 2 aliphatic rings. The van der Waals surface area contributed by atoms with Crippen molar-refractivity contribution in [2.75, 3.05) is 26.2 Å². The van der Waals surface area contributed by atoms with E-state index in [1.807, 2.05) is 17.0 Å². The quantitative estimate of drug-likeness (QED) is 0.533. The second-order valence-electron chi connectivity index (χ2n) is 9.55. The van der Waals surface area contributed by atoms with Crippen LogP contribution in [-0.2, 0) is 16.1 Å². The third-order valence-electron chi connectivity index (χ3n) is 7.21. The molecule has 2 fully saturated rings. The lowest BCUT2D eigenvalue weighted by atomic mass is 9.86. The second-order valence-corrected chi connectivity index (χ2v) is 9.95. The number of likely N-dealkylation sites (tertiary alicyclic amines) is 2. The Balaban J connectivity index is 1.17. The van der Waals surface area contributed by atoms with E-state index in [1.165, 1.54) is 11.1 Å². The van der Waals surface area contributed by atoms with Crippen LogP contribution in [-0.4, -0.2) is 53.7 Å². The topological polar surface area (TPSA) is 99.9 Å². The Morgan fingerprint density at radius 1 is 1.03 bits per heavy atom. The first-order valence-corrected chi connectivity index (χ1v) is 12.9. The summed E-state index contributed by atoms with van der Waals surface area (Å²) in [6.07, 6.45) is 3.16. The largest absolute Gasteiger partial charge is 0.449 e. The molecule has 3 heterocycles. The number of piperidine rings is 1. The number of nitrogens with one attached hydrogen (secondary N) is 1. The van der Waals surface area contributed by atoms with Crippen LogP contribution in [0.4, 0.5) is 0 Å². The van der Waals surface area contributed by atoms with Gasteiger partial charge < -0.3 is 19.5 Å². The van der Waals surface area contributed by atoms with Gasteiger partial charge in [-0.3, -0.25) is 19.2 Å². The van der Waals surface area contributed by atoms with Crippen molar-refractivity contribution in [3.63, 3.8) is 0 Å². The summed E-state index contributed by atoms with van der Waals surface area (Å²) in [7, 11) is 0. The van der Waals surface area contributed by atoms with Gasteiger partial charge in [0.25, 0.3) is 5.91 Å². The summed E-state index contributed by atoms with van der Waals surface area (Å²) in [6.45, 7) is 2.41. The fourth-order valence-electron chi connectivity index (χ4n) is 5.20. The van der Waals surface area contributed by atoms with Gasteiger partial charge in [0.05, 0.1) is 17.0 Å². The van der Waals surface area contributed by atoms with Gasteiger partial charge in [-0.15, -0.1) is 0 Å². The normalized spacial score (nSPS) is 16.4. The van der Waals surface area contributed by atoms with Crippen LogP contribution in [0.15, 0.2) is 57.7 Å². The minimum Gasteiger partial charge on any atom is -0.449 e. The molecule has 0 bridgehead atoms. The van der Waals surface area contributed by atoms with Crippen molar-refractivity contribution in [2.45, 2.75) is 38.1 Å². The standard InChI is InChI=1S/C28H28ClN3O5/c29-22-8-3-7-21-23(33)15-24(37-27(21)22)28(36)30-16-26(35)31-13-10-18(11-14-31)20-6-2-1-5-19(20)17-32-12-4-9-25(32)34/h1-3,5-8,15,18H,4,9-14,16-17H2,(H,30,36). The van der Waals surface area contributed by atoms with E-state index < -0.39 is 5.91 Å². The SMILES string of the molecule is O=C(NCC(=O)N1CCC(c2ccccc2CN2CCCC2=O)CC1)c1cc(=O)c2cccc(Cl)c2o1. The maximum atomic E-state index is 12.8. The first-order valence-electron chi connectivity index (χ1n) is 12.5. The van der Waals surface area contributed by atoms with Crippen molar-refractivity contribution >= 4 is 40.3 Å². The van der Waals surface area contributed by atoms with E-state index in [-0.39, 0.29) is 45.5 Å². The van der Waals surface area contributed by atoms with Crippen LogP contribution in [0.5, 0.6) is 0 Å². The van der Waals surface area contributed by atoms with E-state index in [0.29, 0.717) is 32.0 Å². The van der Waals surface area contributed by atoms with Crippen LogP contribution in [0.1, 0.15) is 53.3 Å². The molecule has 1 aromatic heterocycles. The highest BCUT2D eigenvalue weighted by molar-refractivity contribution is 6.34. The Labute approximate surface area is 219 Å². The van der Waals surface area contributed by atoms with Crippen LogP contribution < -0.4 is 10.7 Å². The number of carbonyl (C=O) groups is 3. The minimum atomic E-state index is -0.646. The number of para-hydroxylation sites is 1. The van der Waals surface area contributed by atoms with Gasteiger partial charge in [-0.25, -0.2) is 0 Å². The van der Waals surface area contributed by atoms with Crippen LogP contribution in [0.3, 0.4) is 0 Å². The summed E-state index contributed by atoms with van der Waals surface area (Å²) in [6, 6.07) is 14.1. The van der Waals surface area contributed by atoms with Crippen molar-refractivity contribution in [1.82, 2.24) is 15.1 Å². The number of nitrogens with zero attached hydrogens (tertiary/aromatic N) is 2. The van der Waals surface area contributed by atoms with E-state index in [2.05, 4.69) is 17.4 Å². The number of rotatable bonds is 6. The minimum absolute atomic E-state index is 0.143. The van der Waals surface area contributed by atoms with Gasteiger partial charge >= 0.3 is 0 Å². The van der Waals surface area contributed by atoms with Gasteiger partial charge in [-0.05, 0) is 48.4 Å². The summed E-state index contributed by atoms with van der Waals surface area (Å²) < 4.78 is 5.55. The zero-order chi connectivity index (χ0) is 25.9. The lowest BCUT2D eigenvalue weighted by Gasteiger charge is -2.33. The average molecular weight is 522 g/mol. The smallest absolute Gasteiger partial charge is 0.287 e. The molecule has 0 aliphatic carbocycles. The summed E-state index contributed by atoms with van der Waals surface area (Å²) in [5.41, 5.74) is 2.18. The number of halogens is 1. The maximum Gasteiger partial charge on any atom is 0.287 e. The molecule has 1 N–H and O–H groups in total. The fourth-order valence-corrected chi connectivity index (χ4v) is 5.42. The zero-order valence-electron chi connectivity index (χ0n) is 20.4. The highest BCUT2D eigenvalue weighted by atomic mass is 35.5. The molecule has 5 rings (SSSR count). The third kappa shape index (κ3) is 5.39. The molecule has 0 saturated carbocycles. The van der Waals surface area contributed by atoms with E-state index in [9.17, 15) is 19.2 Å². The predicted octanol–water partition coefficient (Wildman–Crippen LogP) is 3.70. The molecule has 2 aromatic carbocycles. The highest BCUT2D eigenvalue weighted by Crippen LogP contribution is 2.31. The van der Waals surface area contributed by atoms with E-state index >= 15 is 0 Å². The van der Waals surface area contributed by atoms with Crippen LogP contribution >= 0.6 is 11.6 Å². The summed E-state index contributed by atoms with van der Waals surface area (Å²) >= 11 is 6.11. The Morgan fingerprint density at radius 3 is 2.57 bits per heavy atom. The Kier molecular flexibility index (Phi) is 7.28. The molecule has 3 amide bonds. The van der Waals surface area contributed by atoms with Gasteiger partial charge in [-0.2, -0.15) is 0 Å². The van der Waals surface area contributed by atoms with E-state index in [4.69, 9.17) is 16.0 Å². The Bertz CT molecular complexity index is 1410. The fraction of sp³-hybridized carbons (Fsp3) is 0.357.